The second-order valence-electron chi connectivity index (χ2n) is 3.62. The van der Waals surface area contributed by atoms with Gasteiger partial charge in [-0.15, -0.1) is 0 Å². The van der Waals surface area contributed by atoms with Crippen LogP contribution < -0.4 is 0 Å². The maximum absolute atomic E-state index is 10.8. The average molecular weight is 201 g/mol. The van der Waals surface area contributed by atoms with Crippen LogP contribution in [0.4, 0.5) is 0 Å². The SMILES string of the molecule is Cc1ccc2cc(C(=O)O)cc(C)c2n1. The fourth-order valence-electron chi connectivity index (χ4n) is 1.63. The normalized spacial score (nSPS) is 10.5. The van der Waals surface area contributed by atoms with Crippen LogP contribution in [-0.4, -0.2) is 16.1 Å². The summed E-state index contributed by atoms with van der Waals surface area (Å²) in [5.41, 5.74) is 3.02. The van der Waals surface area contributed by atoms with E-state index in [0.29, 0.717) is 5.56 Å². The van der Waals surface area contributed by atoms with Gasteiger partial charge in [0, 0.05) is 11.1 Å². The molecule has 3 nitrogen and oxygen atoms in total. The van der Waals surface area contributed by atoms with Crippen molar-refractivity contribution < 1.29 is 9.90 Å². The van der Waals surface area contributed by atoms with Gasteiger partial charge in [0.05, 0.1) is 11.1 Å². The number of carbonyl (C=O) groups is 1. The molecule has 0 radical (unpaired) electrons. The molecule has 15 heavy (non-hydrogen) atoms. The van der Waals surface area contributed by atoms with Gasteiger partial charge in [0.2, 0.25) is 0 Å². The first-order chi connectivity index (χ1) is 7.08. The molecule has 0 bridgehead atoms. The highest BCUT2D eigenvalue weighted by molar-refractivity contribution is 5.94. The van der Waals surface area contributed by atoms with Crippen molar-refractivity contribution >= 4 is 16.9 Å². The number of fused-ring (bicyclic) bond motifs is 1. The van der Waals surface area contributed by atoms with Crippen molar-refractivity contribution in [2.24, 2.45) is 0 Å². The van der Waals surface area contributed by atoms with Gasteiger partial charge in [0.15, 0.2) is 0 Å². The van der Waals surface area contributed by atoms with Crippen LogP contribution in [0.5, 0.6) is 0 Å². The molecule has 1 N–H and O–H groups in total. The van der Waals surface area contributed by atoms with Crippen LogP contribution in [0.2, 0.25) is 0 Å². The minimum absolute atomic E-state index is 0.311. The van der Waals surface area contributed by atoms with Gasteiger partial charge in [-0.25, -0.2) is 4.79 Å². The van der Waals surface area contributed by atoms with Crippen molar-refractivity contribution in [1.82, 2.24) is 4.98 Å². The second kappa shape index (κ2) is 3.35. The summed E-state index contributed by atoms with van der Waals surface area (Å²) in [6, 6.07) is 7.08. The maximum Gasteiger partial charge on any atom is 0.335 e. The highest BCUT2D eigenvalue weighted by Crippen LogP contribution is 2.19. The van der Waals surface area contributed by atoms with Crippen LogP contribution in [0, 0.1) is 13.8 Å². The number of carboxylic acids is 1. The molecule has 0 amide bonds. The van der Waals surface area contributed by atoms with Crippen LogP contribution in [0.1, 0.15) is 21.6 Å². The first kappa shape index (κ1) is 9.65. The van der Waals surface area contributed by atoms with Gasteiger partial charge in [-0.05, 0) is 37.6 Å². The van der Waals surface area contributed by atoms with Crippen molar-refractivity contribution in [3.05, 3.63) is 41.1 Å². The fraction of sp³-hybridized carbons (Fsp3) is 0.167. The zero-order valence-corrected chi connectivity index (χ0v) is 8.61. The predicted molar refractivity (Wildman–Crippen MR) is 58.2 cm³/mol. The smallest absolute Gasteiger partial charge is 0.335 e. The summed E-state index contributed by atoms with van der Waals surface area (Å²) in [7, 11) is 0. The van der Waals surface area contributed by atoms with Crippen LogP contribution in [0.15, 0.2) is 24.3 Å². The molecule has 2 aromatic rings. The van der Waals surface area contributed by atoms with Gasteiger partial charge in [-0.2, -0.15) is 0 Å². The first-order valence-corrected chi connectivity index (χ1v) is 4.69. The number of benzene rings is 1. The molecule has 76 valence electrons. The number of hydrogen-bond acceptors (Lipinski definition) is 2. The van der Waals surface area contributed by atoms with E-state index >= 15 is 0 Å². The summed E-state index contributed by atoms with van der Waals surface area (Å²) in [5, 5.41) is 9.78. The number of aryl methyl sites for hydroxylation is 2. The lowest BCUT2D eigenvalue weighted by atomic mass is 10.1. The molecule has 0 spiro atoms. The second-order valence-corrected chi connectivity index (χ2v) is 3.62. The largest absolute Gasteiger partial charge is 0.478 e. The monoisotopic (exact) mass is 201 g/mol. The van der Waals surface area contributed by atoms with Gasteiger partial charge in [-0.3, -0.25) is 4.98 Å². The van der Waals surface area contributed by atoms with Crippen molar-refractivity contribution in [2.45, 2.75) is 13.8 Å². The molecular formula is C12H11NO2. The van der Waals surface area contributed by atoms with E-state index in [4.69, 9.17) is 5.11 Å². The molecule has 2 rings (SSSR count). The van der Waals surface area contributed by atoms with Crippen LogP contribution in [-0.2, 0) is 0 Å². The number of nitrogens with zero attached hydrogens (tertiary/aromatic N) is 1. The van der Waals surface area contributed by atoms with E-state index < -0.39 is 5.97 Å². The Balaban J connectivity index is 2.78. The quantitative estimate of drug-likeness (QED) is 0.771. The van der Waals surface area contributed by atoms with E-state index in [1.807, 2.05) is 26.0 Å². The molecule has 0 saturated heterocycles. The topological polar surface area (TPSA) is 50.2 Å². The van der Waals surface area contributed by atoms with E-state index in [1.165, 1.54) is 0 Å². The molecule has 0 unspecified atom stereocenters. The van der Waals surface area contributed by atoms with Gasteiger partial charge in [0.1, 0.15) is 0 Å². The summed E-state index contributed by atoms with van der Waals surface area (Å²) in [4.78, 5) is 15.2. The van der Waals surface area contributed by atoms with Crippen LogP contribution in [0.3, 0.4) is 0 Å². The van der Waals surface area contributed by atoms with Crippen molar-refractivity contribution in [2.75, 3.05) is 0 Å². The number of aromatic nitrogens is 1. The van der Waals surface area contributed by atoms with Crippen LogP contribution >= 0.6 is 0 Å². The van der Waals surface area contributed by atoms with E-state index in [2.05, 4.69) is 4.98 Å². The van der Waals surface area contributed by atoms with Gasteiger partial charge >= 0.3 is 5.97 Å². The summed E-state index contributed by atoms with van der Waals surface area (Å²) in [5.74, 6) is -0.902. The lowest BCUT2D eigenvalue weighted by molar-refractivity contribution is 0.0697. The maximum atomic E-state index is 10.8. The van der Waals surface area contributed by atoms with Gasteiger partial charge < -0.3 is 5.11 Å². The molecule has 1 aromatic heterocycles. The summed E-state index contributed by atoms with van der Waals surface area (Å²) < 4.78 is 0. The molecular weight excluding hydrogens is 190 g/mol. The van der Waals surface area contributed by atoms with Gasteiger partial charge in [0.25, 0.3) is 0 Å². The third-order valence-electron chi connectivity index (χ3n) is 2.37. The summed E-state index contributed by atoms with van der Waals surface area (Å²) in [6.45, 7) is 3.80. The van der Waals surface area contributed by atoms with E-state index in [1.54, 1.807) is 12.1 Å². The minimum atomic E-state index is -0.902. The molecule has 0 aliphatic carbocycles. The van der Waals surface area contributed by atoms with Gasteiger partial charge in [-0.1, -0.05) is 6.07 Å². The number of aromatic carboxylic acids is 1. The average Bonchev–Trinajstić information content (AvgIpc) is 2.18. The Morgan fingerprint density at radius 3 is 2.67 bits per heavy atom. The van der Waals surface area contributed by atoms with E-state index in [-0.39, 0.29) is 0 Å². The molecule has 0 aliphatic heterocycles. The lowest BCUT2D eigenvalue weighted by Crippen LogP contribution is -1.98. The third kappa shape index (κ3) is 1.68. The Hall–Kier alpha value is -1.90. The molecule has 0 aliphatic rings. The number of hydrogen-bond donors (Lipinski definition) is 1. The predicted octanol–water partition coefficient (Wildman–Crippen LogP) is 2.55. The molecule has 1 heterocycles. The molecule has 1 aromatic carbocycles. The highest BCUT2D eigenvalue weighted by atomic mass is 16.4. The van der Waals surface area contributed by atoms with Crippen molar-refractivity contribution in [1.29, 1.82) is 0 Å². The van der Waals surface area contributed by atoms with E-state index in [0.717, 1.165) is 22.2 Å². The third-order valence-corrected chi connectivity index (χ3v) is 2.37. The molecule has 3 heteroatoms. The van der Waals surface area contributed by atoms with Crippen molar-refractivity contribution in [3.8, 4) is 0 Å². The Morgan fingerprint density at radius 1 is 1.27 bits per heavy atom. The first-order valence-electron chi connectivity index (χ1n) is 4.69. The Morgan fingerprint density at radius 2 is 2.00 bits per heavy atom. The molecule has 0 atom stereocenters. The fourth-order valence-corrected chi connectivity index (χ4v) is 1.63. The standard InChI is InChI=1S/C12H11NO2/c1-7-5-10(12(14)15)6-9-4-3-8(2)13-11(7)9/h3-6H,1-2H3,(H,14,15). The Labute approximate surface area is 87.4 Å². The molecule has 0 saturated carbocycles. The lowest BCUT2D eigenvalue weighted by Gasteiger charge is -2.04. The summed E-state index contributed by atoms with van der Waals surface area (Å²) in [6.07, 6.45) is 0. The number of carboxylic acid groups (broad SMARTS) is 1. The zero-order chi connectivity index (χ0) is 11.0. The number of rotatable bonds is 1. The summed E-state index contributed by atoms with van der Waals surface area (Å²) >= 11 is 0. The minimum Gasteiger partial charge on any atom is -0.478 e. The van der Waals surface area contributed by atoms with Crippen molar-refractivity contribution in [3.63, 3.8) is 0 Å². The number of pyridine rings is 1. The zero-order valence-electron chi connectivity index (χ0n) is 8.61. The Kier molecular flexibility index (Phi) is 2.15. The van der Waals surface area contributed by atoms with Crippen LogP contribution in [0.25, 0.3) is 10.9 Å². The highest BCUT2D eigenvalue weighted by Gasteiger charge is 2.07. The van der Waals surface area contributed by atoms with E-state index in [9.17, 15) is 4.79 Å². The molecule has 0 fully saturated rings. The Bertz CT molecular complexity index is 547.